The maximum atomic E-state index is 12.2. The van der Waals surface area contributed by atoms with Gasteiger partial charge in [-0.05, 0) is 19.1 Å². The predicted octanol–water partition coefficient (Wildman–Crippen LogP) is 5.21. The molecule has 0 aliphatic rings. The number of benzene rings is 3. The van der Waals surface area contributed by atoms with Gasteiger partial charge >= 0.3 is 5.97 Å². The quantitative estimate of drug-likeness (QED) is 0.547. The second-order valence-corrected chi connectivity index (χ2v) is 6.36. The molecule has 27 heavy (non-hydrogen) atoms. The Labute approximate surface area is 157 Å². The lowest BCUT2D eigenvalue weighted by atomic mass is 10.0. The molecule has 3 aromatic carbocycles. The fourth-order valence-corrected chi connectivity index (χ4v) is 3.15. The standard InChI is InChI=1S/C23H18N2O2/c1-16-12-14-17(15-13-16)21-20(23(26)27)22(18-8-4-2-5-9-18)25(24-21)19-10-6-3-7-11-19/h2-15H,1H3,(H,26,27). The lowest BCUT2D eigenvalue weighted by Crippen LogP contribution is -2.03. The van der Waals surface area contributed by atoms with Crippen LogP contribution in [0.5, 0.6) is 0 Å². The average Bonchev–Trinajstić information content (AvgIpc) is 3.11. The van der Waals surface area contributed by atoms with Crippen molar-refractivity contribution < 1.29 is 9.90 Å². The van der Waals surface area contributed by atoms with Crippen molar-refractivity contribution in [3.05, 3.63) is 96.1 Å². The molecule has 0 atom stereocenters. The van der Waals surface area contributed by atoms with Crippen LogP contribution in [0.3, 0.4) is 0 Å². The average molecular weight is 354 g/mol. The molecule has 0 aliphatic carbocycles. The number of carbonyl (C=O) groups is 1. The summed E-state index contributed by atoms with van der Waals surface area (Å²) in [5.41, 5.74) is 4.76. The van der Waals surface area contributed by atoms with Gasteiger partial charge in [0.2, 0.25) is 0 Å². The van der Waals surface area contributed by atoms with Gasteiger partial charge in [0.15, 0.2) is 0 Å². The van der Waals surface area contributed by atoms with Crippen molar-refractivity contribution in [1.29, 1.82) is 0 Å². The predicted molar refractivity (Wildman–Crippen MR) is 106 cm³/mol. The van der Waals surface area contributed by atoms with E-state index in [1.807, 2.05) is 91.9 Å². The number of rotatable bonds is 4. The van der Waals surface area contributed by atoms with E-state index in [0.717, 1.165) is 22.4 Å². The number of aromatic nitrogens is 2. The smallest absolute Gasteiger partial charge is 0.340 e. The molecule has 4 nitrogen and oxygen atoms in total. The Hall–Kier alpha value is -3.66. The summed E-state index contributed by atoms with van der Waals surface area (Å²) in [6.07, 6.45) is 0. The van der Waals surface area contributed by atoms with E-state index in [1.165, 1.54) is 0 Å². The third-order valence-electron chi connectivity index (χ3n) is 4.47. The SMILES string of the molecule is Cc1ccc(-c2nn(-c3ccccc3)c(-c3ccccc3)c2C(=O)O)cc1. The Bertz CT molecular complexity index is 1080. The van der Waals surface area contributed by atoms with Crippen molar-refractivity contribution in [1.82, 2.24) is 9.78 Å². The van der Waals surface area contributed by atoms with Crippen LogP contribution < -0.4 is 0 Å². The Balaban J connectivity index is 2.05. The molecule has 4 heteroatoms. The molecule has 0 fully saturated rings. The second kappa shape index (κ2) is 6.92. The number of aryl methyl sites for hydroxylation is 1. The zero-order chi connectivity index (χ0) is 18.8. The molecule has 132 valence electrons. The normalized spacial score (nSPS) is 10.7. The van der Waals surface area contributed by atoms with Crippen molar-refractivity contribution >= 4 is 5.97 Å². The van der Waals surface area contributed by atoms with Crippen LogP contribution in [0, 0.1) is 6.92 Å². The molecule has 1 N–H and O–H groups in total. The highest BCUT2D eigenvalue weighted by Crippen LogP contribution is 2.34. The lowest BCUT2D eigenvalue weighted by molar-refractivity contribution is 0.0698. The summed E-state index contributed by atoms with van der Waals surface area (Å²) in [6, 6.07) is 26.9. The molecule has 1 heterocycles. The molecule has 0 saturated heterocycles. The van der Waals surface area contributed by atoms with E-state index in [-0.39, 0.29) is 5.56 Å². The van der Waals surface area contributed by atoms with E-state index in [4.69, 9.17) is 5.10 Å². The topological polar surface area (TPSA) is 55.1 Å². The molecule has 0 bridgehead atoms. The highest BCUT2D eigenvalue weighted by atomic mass is 16.4. The van der Waals surface area contributed by atoms with E-state index in [0.29, 0.717) is 11.4 Å². The monoisotopic (exact) mass is 354 g/mol. The molecule has 0 spiro atoms. The number of nitrogens with zero attached hydrogens (tertiary/aromatic N) is 2. The number of hydrogen-bond acceptors (Lipinski definition) is 2. The van der Waals surface area contributed by atoms with E-state index in [2.05, 4.69) is 0 Å². The summed E-state index contributed by atoms with van der Waals surface area (Å²) in [5, 5.41) is 14.7. The molecule has 0 saturated carbocycles. The van der Waals surface area contributed by atoms with Crippen LogP contribution in [0.1, 0.15) is 15.9 Å². The van der Waals surface area contributed by atoms with Gasteiger partial charge in [-0.15, -0.1) is 0 Å². The van der Waals surface area contributed by atoms with E-state index in [1.54, 1.807) is 4.68 Å². The number of para-hydroxylation sites is 1. The highest BCUT2D eigenvalue weighted by Gasteiger charge is 2.26. The van der Waals surface area contributed by atoms with Gasteiger partial charge < -0.3 is 5.11 Å². The van der Waals surface area contributed by atoms with Crippen LogP contribution in [-0.2, 0) is 0 Å². The van der Waals surface area contributed by atoms with Gasteiger partial charge in [0, 0.05) is 11.1 Å². The summed E-state index contributed by atoms with van der Waals surface area (Å²) in [4.78, 5) is 12.2. The van der Waals surface area contributed by atoms with Crippen LogP contribution in [0.25, 0.3) is 28.2 Å². The minimum Gasteiger partial charge on any atom is -0.478 e. The molecule has 0 radical (unpaired) electrons. The maximum Gasteiger partial charge on any atom is 0.340 e. The first-order valence-electron chi connectivity index (χ1n) is 8.69. The van der Waals surface area contributed by atoms with Crippen molar-refractivity contribution in [2.45, 2.75) is 6.92 Å². The van der Waals surface area contributed by atoms with Crippen LogP contribution in [0.2, 0.25) is 0 Å². The van der Waals surface area contributed by atoms with Crippen molar-refractivity contribution in [2.24, 2.45) is 0 Å². The number of carboxylic acids is 1. The van der Waals surface area contributed by atoms with Crippen LogP contribution in [0.4, 0.5) is 0 Å². The molecule has 4 aromatic rings. The third-order valence-corrected chi connectivity index (χ3v) is 4.47. The molecular weight excluding hydrogens is 336 g/mol. The third kappa shape index (κ3) is 3.13. The van der Waals surface area contributed by atoms with Gasteiger partial charge in [-0.1, -0.05) is 78.4 Å². The largest absolute Gasteiger partial charge is 0.478 e. The minimum atomic E-state index is -0.994. The highest BCUT2D eigenvalue weighted by molar-refractivity contribution is 6.01. The van der Waals surface area contributed by atoms with E-state index >= 15 is 0 Å². The Morgan fingerprint density at radius 3 is 2.00 bits per heavy atom. The van der Waals surface area contributed by atoms with Crippen molar-refractivity contribution in [2.75, 3.05) is 0 Å². The van der Waals surface area contributed by atoms with E-state index < -0.39 is 5.97 Å². The van der Waals surface area contributed by atoms with Gasteiger partial charge in [0.1, 0.15) is 11.3 Å². The molecule has 0 amide bonds. The molecule has 4 rings (SSSR count). The second-order valence-electron chi connectivity index (χ2n) is 6.36. The molecule has 0 aliphatic heterocycles. The van der Waals surface area contributed by atoms with Crippen molar-refractivity contribution in [3.63, 3.8) is 0 Å². The summed E-state index contributed by atoms with van der Waals surface area (Å²) in [6.45, 7) is 2.00. The lowest BCUT2D eigenvalue weighted by Gasteiger charge is -2.08. The van der Waals surface area contributed by atoms with E-state index in [9.17, 15) is 9.90 Å². The number of carboxylic acid groups (broad SMARTS) is 1. The Morgan fingerprint density at radius 1 is 0.815 bits per heavy atom. The van der Waals surface area contributed by atoms with Gasteiger partial charge in [-0.25, -0.2) is 9.48 Å². The summed E-state index contributed by atoms with van der Waals surface area (Å²) >= 11 is 0. The fraction of sp³-hybridized carbons (Fsp3) is 0.0435. The van der Waals surface area contributed by atoms with Gasteiger partial charge in [0.25, 0.3) is 0 Å². The number of hydrogen-bond donors (Lipinski definition) is 1. The maximum absolute atomic E-state index is 12.2. The van der Waals surface area contributed by atoms with Crippen molar-refractivity contribution in [3.8, 4) is 28.2 Å². The zero-order valence-corrected chi connectivity index (χ0v) is 14.8. The van der Waals surface area contributed by atoms with Gasteiger partial charge in [-0.2, -0.15) is 5.10 Å². The summed E-state index contributed by atoms with van der Waals surface area (Å²) < 4.78 is 1.72. The molecule has 1 aromatic heterocycles. The van der Waals surface area contributed by atoms with Gasteiger partial charge in [0.05, 0.1) is 11.4 Å². The fourth-order valence-electron chi connectivity index (χ4n) is 3.15. The van der Waals surface area contributed by atoms with Gasteiger partial charge in [-0.3, -0.25) is 0 Å². The first kappa shape index (κ1) is 16.8. The molecular formula is C23H18N2O2. The Kier molecular flexibility index (Phi) is 4.30. The summed E-state index contributed by atoms with van der Waals surface area (Å²) in [7, 11) is 0. The zero-order valence-electron chi connectivity index (χ0n) is 14.8. The number of aromatic carboxylic acids is 1. The van der Waals surface area contributed by atoms with Crippen LogP contribution >= 0.6 is 0 Å². The molecule has 0 unspecified atom stereocenters. The van der Waals surface area contributed by atoms with Crippen LogP contribution in [0.15, 0.2) is 84.9 Å². The Morgan fingerprint density at radius 2 is 1.41 bits per heavy atom. The first-order chi connectivity index (χ1) is 13.1. The minimum absolute atomic E-state index is 0.203. The first-order valence-corrected chi connectivity index (χ1v) is 8.69. The summed E-state index contributed by atoms with van der Waals surface area (Å²) in [5.74, 6) is -0.994. The van der Waals surface area contributed by atoms with Crippen LogP contribution in [-0.4, -0.2) is 20.9 Å².